The molecule has 0 aromatic carbocycles. The van der Waals surface area contributed by atoms with E-state index in [1.807, 2.05) is 0 Å². The number of sulfone groups is 1. The molecule has 0 amide bonds. The van der Waals surface area contributed by atoms with Gasteiger partial charge in [0.2, 0.25) is 0 Å². The molecule has 0 aromatic rings. The lowest BCUT2D eigenvalue weighted by Gasteiger charge is -2.26. The molecule has 2 atom stereocenters. The fourth-order valence-electron chi connectivity index (χ4n) is 2.14. The summed E-state index contributed by atoms with van der Waals surface area (Å²) in [5.74, 6) is 0. The molecule has 15 heavy (non-hydrogen) atoms. The molecular weight excluding hydrogens is 234 g/mol. The third-order valence-electron chi connectivity index (χ3n) is 3.11. The maximum absolute atomic E-state index is 11.4. The Morgan fingerprint density at radius 2 is 2.27 bits per heavy atom. The second kappa shape index (κ2) is 4.35. The zero-order chi connectivity index (χ0) is 11.7. The SMILES string of the molecule is COC[C@@]1(C(N)=S)CC[C@H](S(C)(=O)=O)C1. The molecule has 1 aliphatic rings. The van der Waals surface area contributed by atoms with Crippen LogP contribution in [0.2, 0.25) is 0 Å². The van der Waals surface area contributed by atoms with Crippen LogP contribution < -0.4 is 5.73 Å². The Morgan fingerprint density at radius 1 is 1.67 bits per heavy atom. The van der Waals surface area contributed by atoms with E-state index >= 15 is 0 Å². The molecule has 0 aromatic heterocycles. The molecule has 1 fully saturated rings. The number of hydrogen-bond donors (Lipinski definition) is 1. The fourth-order valence-corrected chi connectivity index (χ4v) is 3.56. The zero-order valence-electron chi connectivity index (χ0n) is 9.02. The van der Waals surface area contributed by atoms with Crippen LogP contribution in [0.5, 0.6) is 0 Å². The molecule has 0 spiro atoms. The molecule has 0 unspecified atom stereocenters. The van der Waals surface area contributed by atoms with E-state index in [1.165, 1.54) is 6.26 Å². The summed E-state index contributed by atoms with van der Waals surface area (Å²) >= 11 is 5.01. The van der Waals surface area contributed by atoms with Crippen LogP contribution in [-0.2, 0) is 14.6 Å². The molecule has 0 saturated heterocycles. The van der Waals surface area contributed by atoms with Crippen LogP contribution in [-0.4, -0.2) is 38.6 Å². The van der Waals surface area contributed by atoms with Crippen molar-refractivity contribution in [3.8, 4) is 0 Å². The second-order valence-corrected chi connectivity index (χ2v) is 7.04. The van der Waals surface area contributed by atoms with E-state index in [-0.39, 0.29) is 5.25 Å². The highest BCUT2D eigenvalue weighted by Gasteiger charge is 2.45. The number of rotatable bonds is 4. The molecule has 2 N–H and O–H groups in total. The summed E-state index contributed by atoms with van der Waals surface area (Å²) < 4.78 is 27.9. The van der Waals surface area contributed by atoms with Crippen LogP contribution in [0.4, 0.5) is 0 Å². The van der Waals surface area contributed by atoms with E-state index in [0.717, 1.165) is 0 Å². The smallest absolute Gasteiger partial charge is 0.150 e. The van der Waals surface area contributed by atoms with Gasteiger partial charge in [0, 0.05) is 18.8 Å². The Bertz CT molecular complexity index is 352. The van der Waals surface area contributed by atoms with Crippen LogP contribution in [0.25, 0.3) is 0 Å². The Labute approximate surface area is 96.1 Å². The summed E-state index contributed by atoms with van der Waals surface area (Å²) in [6, 6.07) is 0. The highest BCUT2D eigenvalue weighted by Crippen LogP contribution is 2.41. The molecule has 1 aliphatic carbocycles. The lowest BCUT2D eigenvalue weighted by atomic mass is 9.87. The molecule has 0 bridgehead atoms. The van der Waals surface area contributed by atoms with Crippen molar-refractivity contribution in [2.24, 2.45) is 11.1 Å². The summed E-state index contributed by atoms with van der Waals surface area (Å²) in [6.07, 6.45) is 3.09. The van der Waals surface area contributed by atoms with Gasteiger partial charge in [-0.3, -0.25) is 0 Å². The predicted octanol–water partition coefficient (Wildman–Crippen LogP) is 0.502. The summed E-state index contributed by atoms with van der Waals surface area (Å²) in [7, 11) is -1.42. The number of nitrogens with two attached hydrogens (primary N) is 1. The van der Waals surface area contributed by atoms with E-state index in [1.54, 1.807) is 7.11 Å². The minimum Gasteiger partial charge on any atom is -0.393 e. The monoisotopic (exact) mass is 251 g/mol. The second-order valence-electron chi connectivity index (χ2n) is 4.27. The van der Waals surface area contributed by atoms with E-state index in [9.17, 15) is 8.42 Å². The van der Waals surface area contributed by atoms with Crippen molar-refractivity contribution >= 4 is 27.0 Å². The average Bonchev–Trinajstić information content (AvgIpc) is 2.49. The fraction of sp³-hybridized carbons (Fsp3) is 0.889. The Balaban J connectivity index is 2.86. The maximum atomic E-state index is 11.4. The van der Waals surface area contributed by atoms with Gasteiger partial charge in [0.1, 0.15) is 9.84 Å². The van der Waals surface area contributed by atoms with Crippen molar-refractivity contribution in [3.63, 3.8) is 0 Å². The first-order valence-corrected chi connectivity index (χ1v) is 7.16. The standard InChI is InChI=1S/C9H17NO3S2/c1-13-6-9(8(10)14)4-3-7(5-9)15(2,11)12/h7H,3-6H2,1-2H3,(H2,10,14)/t7-,9+/m0/s1. The molecule has 1 rings (SSSR count). The van der Waals surface area contributed by atoms with E-state index < -0.39 is 15.3 Å². The third-order valence-corrected chi connectivity index (χ3v) is 5.16. The van der Waals surface area contributed by atoms with Gasteiger partial charge in [0.25, 0.3) is 0 Å². The van der Waals surface area contributed by atoms with Crippen LogP contribution in [0.15, 0.2) is 0 Å². The lowest BCUT2D eigenvalue weighted by molar-refractivity contribution is 0.127. The van der Waals surface area contributed by atoms with Crippen LogP contribution in [0.1, 0.15) is 19.3 Å². The van der Waals surface area contributed by atoms with Crippen molar-refractivity contribution in [3.05, 3.63) is 0 Å². The van der Waals surface area contributed by atoms with Crippen LogP contribution >= 0.6 is 12.2 Å². The minimum absolute atomic E-state index is 0.325. The summed E-state index contributed by atoms with van der Waals surface area (Å²) in [5, 5.41) is -0.325. The molecule has 0 aliphatic heterocycles. The molecule has 0 heterocycles. The van der Waals surface area contributed by atoms with Gasteiger partial charge in [0.15, 0.2) is 0 Å². The van der Waals surface area contributed by atoms with Gasteiger partial charge in [-0.25, -0.2) is 8.42 Å². The molecule has 4 nitrogen and oxygen atoms in total. The topological polar surface area (TPSA) is 69.4 Å². The molecule has 6 heteroatoms. The first kappa shape index (κ1) is 12.9. The van der Waals surface area contributed by atoms with Gasteiger partial charge in [-0.2, -0.15) is 0 Å². The van der Waals surface area contributed by atoms with Crippen molar-refractivity contribution in [1.29, 1.82) is 0 Å². The first-order chi connectivity index (χ1) is 6.82. The van der Waals surface area contributed by atoms with Crippen molar-refractivity contribution in [2.45, 2.75) is 24.5 Å². The molecule has 0 radical (unpaired) electrons. The minimum atomic E-state index is -3.00. The predicted molar refractivity (Wildman–Crippen MR) is 63.6 cm³/mol. The number of hydrogen-bond acceptors (Lipinski definition) is 4. The number of ether oxygens (including phenoxy) is 1. The zero-order valence-corrected chi connectivity index (χ0v) is 10.7. The Hall–Kier alpha value is -0.200. The van der Waals surface area contributed by atoms with Gasteiger partial charge in [0.05, 0.1) is 16.8 Å². The first-order valence-electron chi connectivity index (χ1n) is 4.79. The average molecular weight is 251 g/mol. The lowest BCUT2D eigenvalue weighted by Crippen LogP contribution is -2.38. The quantitative estimate of drug-likeness (QED) is 0.737. The van der Waals surface area contributed by atoms with Crippen LogP contribution in [0.3, 0.4) is 0 Å². The van der Waals surface area contributed by atoms with Crippen molar-refractivity contribution in [2.75, 3.05) is 20.0 Å². The molecule has 88 valence electrons. The van der Waals surface area contributed by atoms with Gasteiger partial charge >= 0.3 is 0 Å². The third kappa shape index (κ3) is 2.68. The van der Waals surface area contributed by atoms with Gasteiger partial charge in [-0.15, -0.1) is 0 Å². The van der Waals surface area contributed by atoms with Gasteiger partial charge in [-0.1, -0.05) is 12.2 Å². The van der Waals surface area contributed by atoms with Crippen LogP contribution in [0, 0.1) is 5.41 Å². The number of thiocarbonyl (C=S) groups is 1. The maximum Gasteiger partial charge on any atom is 0.150 e. The van der Waals surface area contributed by atoms with Crippen molar-refractivity contribution in [1.82, 2.24) is 0 Å². The molecule has 1 saturated carbocycles. The summed E-state index contributed by atoms with van der Waals surface area (Å²) in [5.41, 5.74) is 5.26. The molecular formula is C9H17NO3S2. The van der Waals surface area contributed by atoms with Gasteiger partial charge in [-0.05, 0) is 19.3 Å². The largest absolute Gasteiger partial charge is 0.393 e. The number of methoxy groups -OCH3 is 1. The van der Waals surface area contributed by atoms with Gasteiger partial charge < -0.3 is 10.5 Å². The summed E-state index contributed by atoms with van der Waals surface area (Å²) in [6.45, 7) is 0.411. The van der Waals surface area contributed by atoms with E-state index in [2.05, 4.69) is 0 Å². The highest BCUT2D eigenvalue weighted by atomic mass is 32.2. The normalized spacial score (nSPS) is 31.7. The Kier molecular flexibility index (Phi) is 3.73. The summed E-state index contributed by atoms with van der Waals surface area (Å²) in [4.78, 5) is 0.371. The highest BCUT2D eigenvalue weighted by molar-refractivity contribution is 7.91. The Morgan fingerprint density at radius 3 is 2.60 bits per heavy atom. The van der Waals surface area contributed by atoms with E-state index in [4.69, 9.17) is 22.7 Å². The van der Waals surface area contributed by atoms with E-state index in [0.29, 0.717) is 30.9 Å². The van der Waals surface area contributed by atoms with Crippen molar-refractivity contribution < 1.29 is 13.2 Å².